The monoisotopic (exact) mass is 275 g/mol. The van der Waals surface area contributed by atoms with Crippen molar-refractivity contribution in [2.45, 2.75) is 44.4 Å². The van der Waals surface area contributed by atoms with E-state index in [0.29, 0.717) is 0 Å². The summed E-state index contributed by atoms with van der Waals surface area (Å²) in [5.41, 5.74) is 1.27. The van der Waals surface area contributed by atoms with Gasteiger partial charge in [-0.15, -0.1) is 0 Å². The molecule has 1 aliphatic carbocycles. The molecule has 0 spiro atoms. The molecule has 2 aromatic rings. The van der Waals surface area contributed by atoms with Gasteiger partial charge in [-0.1, -0.05) is 25.3 Å². The zero-order valence-corrected chi connectivity index (χ0v) is 11.8. The molecule has 0 aliphatic heterocycles. The highest BCUT2D eigenvalue weighted by Crippen LogP contribution is 2.41. The molecule has 0 bridgehead atoms. The highest BCUT2D eigenvalue weighted by Gasteiger charge is 2.41. The van der Waals surface area contributed by atoms with Crippen LogP contribution in [0.3, 0.4) is 0 Å². The Balaban J connectivity index is 2.14. The standard InChI is InChI=1S/C15H17NO2S/c1-10-12-9-11(5-6-13(12)19-16-10)15(14(17)18)7-3-2-4-8-15/h5-6,9H,2-4,7-8H2,1H3,(H,17,18). The summed E-state index contributed by atoms with van der Waals surface area (Å²) in [5.74, 6) is -0.674. The molecule has 1 aliphatic rings. The molecular formula is C15H17NO2S. The van der Waals surface area contributed by atoms with Gasteiger partial charge in [0, 0.05) is 5.39 Å². The van der Waals surface area contributed by atoms with Crippen LogP contribution >= 0.6 is 11.5 Å². The zero-order chi connectivity index (χ0) is 13.5. The molecule has 0 radical (unpaired) electrons. The minimum absolute atomic E-state index is 0.674. The summed E-state index contributed by atoms with van der Waals surface area (Å²) in [6.45, 7) is 1.98. The number of nitrogens with zero attached hydrogens (tertiary/aromatic N) is 1. The molecule has 0 saturated heterocycles. The molecule has 0 unspecified atom stereocenters. The van der Waals surface area contributed by atoms with Gasteiger partial charge in [0.15, 0.2) is 0 Å². The second-order valence-corrected chi connectivity index (χ2v) is 6.23. The predicted octanol–water partition coefficient (Wildman–Crippen LogP) is 3.89. The summed E-state index contributed by atoms with van der Waals surface area (Å²) in [4.78, 5) is 11.8. The number of carboxylic acid groups (broad SMARTS) is 1. The summed E-state index contributed by atoms with van der Waals surface area (Å²) in [6, 6.07) is 6.06. The Bertz CT molecular complexity index is 626. The third kappa shape index (κ3) is 1.94. The quantitative estimate of drug-likeness (QED) is 0.904. The van der Waals surface area contributed by atoms with Crippen molar-refractivity contribution in [3.8, 4) is 0 Å². The lowest BCUT2D eigenvalue weighted by Crippen LogP contribution is -2.37. The van der Waals surface area contributed by atoms with Crippen molar-refractivity contribution in [2.24, 2.45) is 0 Å². The van der Waals surface area contributed by atoms with Gasteiger partial charge in [-0.25, -0.2) is 0 Å². The Morgan fingerprint density at radius 1 is 1.32 bits per heavy atom. The Labute approximate surface area is 116 Å². The molecule has 19 heavy (non-hydrogen) atoms. The van der Waals surface area contributed by atoms with E-state index >= 15 is 0 Å². The molecule has 4 heteroatoms. The first-order chi connectivity index (χ1) is 9.13. The van der Waals surface area contributed by atoms with Gasteiger partial charge in [-0.2, -0.15) is 4.37 Å². The Morgan fingerprint density at radius 3 is 2.74 bits per heavy atom. The number of aryl methyl sites for hydroxylation is 1. The average Bonchev–Trinajstić information content (AvgIpc) is 2.80. The molecule has 1 aromatic heterocycles. The number of aromatic nitrogens is 1. The fourth-order valence-electron chi connectivity index (χ4n) is 3.14. The van der Waals surface area contributed by atoms with E-state index in [1.165, 1.54) is 11.5 Å². The molecule has 1 saturated carbocycles. The summed E-state index contributed by atoms with van der Waals surface area (Å²) in [5, 5.41) is 10.8. The highest BCUT2D eigenvalue weighted by molar-refractivity contribution is 7.13. The van der Waals surface area contributed by atoms with Crippen LogP contribution in [0.4, 0.5) is 0 Å². The zero-order valence-electron chi connectivity index (χ0n) is 11.0. The Kier molecular flexibility index (Phi) is 3.05. The number of carboxylic acids is 1. The van der Waals surface area contributed by atoms with Gasteiger partial charge < -0.3 is 5.11 Å². The minimum atomic E-state index is -0.680. The maximum Gasteiger partial charge on any atom is 0.314 e. The fraction of sp³-hybridized carbons (Fsp3) is 0.467. The molecule has 0 amide bonds. The molecular weight excluding hydrogens is 258 g/mol. The van der Waals surface area contributed by atoms with Crippen LogP contribution in [0.2, 0.25) is 0 Å². The normalized spacial score (nSPS) is 18.6. The summed E-state index contributed by atoms with van der Waals surface area (Å²) < 4.78 is 5.48. The average molecular weight is 275 g/mol. The van der Waals surface area contributed by atoms with Gasteiger partial charge in [0.1, 0.15) is 0 Å². The Hall–Kier alpha value is -1.42. The van der Waals surface area contributed by atoms with Crippen LogP contribution in [0.15, 0.2) is 18.2 Å². The van der Waals surface area contributed by atoms with E-state index in [-0.39, 0.29) is 0 Å². The summed E-state index contributed by atoms with van der Waals surface area (Å²) >= 11 is 1.48. The number of benzene rings is 1. The number of hydrogen-bond donors (Lipinski definition) is 1. The third-order valence-electron chi connectivity index (χ3n) is 4.32. The molecule has 1 fully saturated rings. The van der Waals surface area contributed by atoms with E-state index in [1.54, 1.807) is 0 Å². The molecule has 1 heterocycles. The number of carbonyl (C=O) groups is 1. The van der Waals surface area contributed by atoms with Crippen LogP contribution in [0.5, 0.6) is 0 Å². The predicted molar refractivity (Wildman–Crippen MR) is 76.8 cm³/mol. The van der Waals surface area contributed by atoms with E-state index < -0.39 is 11.4 Å². The maximum absolute atomic E-state index is 11.8. The van der Waals surface area contributed by atoms with Gasteiger partial charge in [0.05, 0.1) is 15.8 Å². The van der Waals surface area contributed by atoms with Crippen molar-refractivity contribution >= 4 is 27.6 Å². The number of aliphatic carboxylic acids is 1. The number of rotatable bonds is 2. The summed E-state index contributed by atoms with van der Waals surface area (Å²) in [6.07, 6.45) is 4.67. The van der Waals surface area contributed by atoms with Crippen molar-refractivity contribution in [3.05, 3.63) is 29.5 Å². The SMILES string of the molecule is Cc1nsc2ccc(C3(C(=O)O)CCCCC3)cc12. The van der Waals surface area contributed by atoms with E-state index in [1.807, 2.05) is 25.1 Å². The van der Waals surface area contributed by atoms with Crippen molar-refractivity contribution in [1.82, 2.24) is 4.37 Å². The highest BCUT2D eigenvalue weighted by atomic mass is 32.1. The fourth-order valence-corrected chi connectivity index (χ4v) is 3.91. The molecule has 100 valence electrons. The van der Waals surface area contributed by atoms with E-state index in [2.05, 4.69) is 4.37 Å². The third-order valence-corrected chi connectivity index (χ3v) is 5.24. The maximum atomic E-state index is 11.8. The second kappa shape index (κ2) is 4.60. The number of hydrogen-bond acceptors (Lipinski definition) is 3. The van der Waals surface area contributed by atoms with Crippen molar-refractivity contribution in [2.75, 3.05) is 0 Å². The first-order valence-electron chi connectivity index (χ1n) is 6.73. The smallest absolute Gasteiger partial charge is 0.314 e. The topological polar surface area (TPSA) is 50.2 Å². The molecule has 1 aromatic carbocycles. The van der Waals surface area contributed by atoms with E-state index in [4.69, 9.17) is 0 Å². The van der Waals surface area contributed by atoms with Gasteiger partial charge in [0.25, 0.3) is 0 Å². The van der Waals surface area contributed by atoms with Crippen LogP contribution < -0.4 is 0 Å². The van der Waals surface area contributed by atoms with Gasteiger partial charge >= 0.3 is 5.97 Å². The van der Waals surface area contributed by atoms with Crippen LogP contribution in [-0.2, 0) is 10.2 Å². The lowest BCUT2D eigenvalue weighted by atomic mass is 9.69. The van der Waals surface area contributed by atoms with Crippen molar-refractivity contribution < 1.29 is 9.90 Å². The first-order valence-corrected chi connectivity index (χ1v) is 7.51. The largest absolute Gasteiger partial charge is 0.481 e. The van der Waals surface area contributed by atoms with Crippen molar-refractivity contribution in [3.63, 3.8) is 0 Å². The van der Waals surface area contributed by atoms with Gasteiger partial charge in [-0.05, 0) is 49.0 Å². The van der Waals surface area contributed by atoms with Crippen LogP contribution in [0.1, 0.15) is 43.4 Å². The van der Waals surface area contributed by atoms with Crippen molar-refractivity contribution in [1.29, 1.82) is 0 Å². The molecule has 0 atom stereocenters. The lowest BCUT2D eigenvalue weighted by molar-refractivity contribution is -0.145. The minimum Gasteiger partial charge on any atom is -0.481 e. The molecule has 3 nitrogen and oxygen atoms in total. The van der Waals surface area contributed by atoms with Gasteiger partial charge in [-0.3, -0.25) is 4.79 Å². The number of fused-ring (bicyclic) bond motifs is 1. The van der Waals surface area contributed by atoms with E-state index in [9.17, 15) is 9.90 Å². The van der Waals surface area contributed by atoms with Gasteiger partial charge in [0.2, 0.25) is 0 Å². The second-order valence-electron chi connectivity index (χ2n) is 5.43. The van der Waals surface area contributed by atoms with Crippen LogP contribution in [0.25, 0.3) is 10.1 Å². The van der Waals surface area contributed by atoms with Crippen LogP contribution in [0, 0.1) is 6.92 Å². The van der Waals surface area contributed by atoms with E-state index in [0.717, 1.165) is 53.4 Å². The molecule has 3 rings (SSSR count). The summed E-state index contributed by atoms with van der Waals surface area (Å²) in [7, 11) is 0. The molecule has 1 N–H and O–H groups in total. The van der Waals surface area contributed by atoms with Crippen LogP contribution in [-0.4, -0.2) is 15.4 Å². The Morgan fingerprint density at radius 2 is 2.05 bits per heavy atom. The first kappa shape index (κ1) is 12.6. The lowest BCUT2D eigenvalue weighted by Gasteiger charge is -2.33.